The van der Waals surface area contributed by atoms with Gasteiger partial charge in [0.2, 0.25) is 17.8 Å². The Kier molecular flexibility index (Phi) is 6.44. The third-order valence-electron chi connectivity index (χ3n) is 5.47. The largest absolute Gasteiger partial charge is 0.494 e. The number of hydrogen-bond donors (Lipinski definition) is 2. The van der Waals surface area contributed by atoms with Crippen molar-refractivity contribution in [1.82, 2.24) is 24.5 Å². The first kappa shape index (κ1) is 20.8. The fraction of sp³-hybridized carbons (Fsp3) is 0.429. The van der Waals surface area contributed by atoms with E-state index in [4.69, 9.17) is 10.5 Å². The van der Waals surface area contributed by atoms with Crippen LogP contribution in [0.1, 0.15) is 32.1 Å². The number of nitrogen functional groups attached to an aromatic ring is 1. The van der Waals surface area contributed by atoms with Gasteiger partial charge in [-0.05, 0) is 30.9 Å². The van der Waals surface area contributed by atoms with Gasteiger partial charge in [0, 0.05) is 30.7 Å². The monoisotopic (exact) mass is 426 g/mol. The van der Waals surface area contributed by atoms with E-state index in [1.54, 1.807) is 18.6 Å². The first-order valence-electron chi connectivity index (χ1n) is 10.4. The summed E-state index contributed by atoms with van der Waals surface area (Å²) in [7, 11) is 1.45. The number of nitrogens with one attached hydrogen (secondary N) is 1. The third-order valence-corrected chi connectivity index (χ3v) is 5.47. The number of nitrogens with two attached hydrogens (primary N) is 1. The molecule has 2 aromatic heterocycles. The molecule has 0 amide bonds. The molecule has 1 aromatic carbocycles. The van der Waals surface area contributed by atoms with Gasteiger partial charge >= 0.3 is 0 Å². The number of rotatable bonds is 8. The van der Waals surface area contributed by atoms with Crippen molar-refractivity contribution >= 4 is 23.5 Å². The Hall–Kier alpha value is -3.43. The first-order valence-corrected chi connectivity index (χ1v) is 10.4. The van der Waals surface area contributed by atoms with Crippen LogP contribution in [0.5, 0.6) is 5.75 Å². The van der Waals surface area contributed by atoms with E-state index in [-0.39, 0.29) is 11.7 Å². The SMILES string of the molecule is COc1ccc(N(CC2CCCCC2)c2nc(N)nc(NCn3ccnc3)n2)cc1F. The molecule has 0 radical (unpaired) electrons. The van der Waals surface area contributed by atoms with Crippen LogP contribution in [0.25, 0.3) is 0 Å². The average molecular weight is 426 g/mol. The molecule has 0 saturated heterocycles. The van der Waals surface area contributed by atoms with Gasteiger partial charge in [-0.1, -0.05) is 19.3 Å². The molecule has 1 aliphatic carbocycles. The zero-order valence-corrected chi connectivity index (χ0v) is 17.5. The number of halogens is 1. The first-order chi connectivity index (χ1) is 15.1. The highest BCUT2D eigenvalue weighted by molar-refractivity contribution is 5.60. The summed E-state index contributed by atoms with van der Waals surface area (Å²) in [5.41, 5.74) is 6.64. The van der Waals surface area contributed by atoms with Crippen molar-refractivity contribution in [3.05, 3.63) is 42.7 Å². The van der Waals surface area contributed by atoms with Gasteiger partial charge in [-0.15, -0.1) is 0 Å². The third kappa shape index (κ3) is 5.19. The summed E-state index contributed by atoms with van der Waals surface area (Å²) in [6.07, 6.45) is 11.1. The zero-order chi connectivity index (χ0) is 21.6. The van der Waals surface area contributed by atoms with Gasteiger partial charge in [0.05, 0.1) is 20.1 Å². The zero-order valence-electron chi connectivity index (χ0n) is 17.5. The standard InChI is InChI=1S/C21H27FN8O/c1-31-18-8-7-16(11-17(18)22)30(12-15-5-3-2-4-6-15)21-27-19(23)26-20(28-21)25-14-29-10-9-24-13-29/h7-11,13,15H,2-6,12,14H2,1H3,(H3,23,25,26,27,28). The highest BCUT2D eigenvalue weighted by Gasteiger charge is 2.22. The summed E-state index contributed by atoms with van der Waals surface area (Å²) < 4.78 is 21.4. The fourth-order valence-electron chi connectivity index (χ4n) is 3.88. The molecule has 0 unspecified atom stereocenters. The molecule has 3 aromatic rings. The number of nitrogens with zero attached hydrogens (tertiary/aromatic N) is 6. The van der Waals surface area contributed by atoms with E-state index < -0.39 is 5.82 Å². The number of aromatic nitrogens is 5. The lowest BCUT2D eigenvalue weighted by Gasteiger charge is -2.30. The minimum Gasteiger partial charge on any atom is -0.494 e. The van der Waals surface area contributed by atoms with Crippen molar-refractivity contribution in [2.75, 3.05) is 29.6 Å². The van der Waals surface area contributed by atoms with Crippen molar-refractivity contribution in [3.8, 4) is 5.75 Å². The number of ether oxygens (including phenoxy) is 1. The summed E-state index contributed by atoms with van der Waals surface area (Å²) in [5.74, 6) is 1.06. The predicted octanol–water partition coefficient (Wildman–Crippen LogP) is 3.59. The molecular formula is C21H27FN8O. The molecule has 1 saturated carbocycles. The normalized spacial score (nSPS) is 14.4. The molecule has 0 bridgehead atoms. The summed E-state index contributed by atoms with van der Waals surface area (Å²) in [5, 5.41) is 3.13. The van der Waals surface area contributed by atoms with Gasteiger partial charge in [-0.2, -0.15) is 15.0 Å². The molecule has 164 valence electrons. The van der Waals surface area contributed by atoms with Crippen molar-refractivity contribution in [2.45, 2.75) is 38.8 Å². The Balaban J connectivity index is 1.64. The van der Waals surface area contributed by atoms with Crippen molar-refractivity contribution in [2.24, 2.45) is 5.92 Å². The van der Waals surface area contributed by atoms with Gasteiger partial charge < -0.3 is 25.3 Å². The Morgan fingerprint density at radius 1 is 1.23 bits per heavy atom. The maximum absolute atomic E-state index is 14.5. The van der Waals surface area contributed by atoms with Gasteiger partial charge in [0.25, 0.3) is 0 Å². The summed E-state index contributed by atoms with van der Waals surface area (Å²) >= 11 is 0. The number of methoxy groups -OCH3 is 1. The summed E-state index contributed by atoms with van der Waals surface area (Å²) in [6, 6.07) is 4.87. The van der Waals surface area contributed by atoms with E-state index in [1.807, 2.05) is 21.7 Å². The van der Waals surface area contributed by atoms with E-state index in [0.717, 1.165) is 12.8 Å². The minimum absolute atomic E-state index is 0.0979. The van der Waals surface area contributed by atoms with E-state index in [9.17, 15) is 4.39 Å². The molecule has 0 aliphatic heterocycles. The Morgan fingerprint density at radius 3 is 2.77 bits per heavy atom. The maximum Gasteiger partial charge on any atom is 0.236 e. The number of anilines is 4. The predicted molar refractivity (Wildman–Crippen MR) is 117 cm³/mol. The van der Waals surface area contributed by atoms with Crippen LogP contribution in [-0.2, 0) is 6.67 Å². The number of hydrogen-bond acceptors (Lipinski definition) is 8. The van der Waals surface area contributed by atoms with Gasteiger partial charge in [-0.25, -0.2) is 9.37 Å². The van der Waals surface area contributed by atoms with Crippen LogP contribution in [0, 0.1) is 11.7 Å². The fourth-order valence-corrected chi connectivity index (χ4v) is 3.88. The smallest absolute Gasteiger partial charge is 0.236 e. The van der Waals surface area contributed by atoms with E-state index in [1.165, 1.54) is 32.4 Å². The van der Waals surface area contributed by atoms with Crippen LogP contribution in [0.2, 0.25) is 0 Å². The van der Waals surface area contributed by atoms with E-state index >= 15 is 0 Å². The lowest BCUT2D eigenvalue weighted by molar-refractivity contribution is 0.363. The highest BCUT2D eigenvalue weighted by Crippen LogP contribution is 2.32. The Labute approximate surface area is 180 Å². The second-order valence-corrected chi connectivity index (χ2v) is 7.66. The topological polar surface area (TPSA) is 107 Å². The number of imidazole rings is 1. The van der Waals surface area contributed by atoms with Crippen molar-refractivity contribution in [3.63, 3.8) is 0 Å². The molecule has 0 atom stereocenters. The van der Waals surface area contributed by atoms with Gasteiger partial charge in [-0.3, -0.25) is 0 Å². The maximum atomic E-state index is 14.5. The summed E-state index contributed by atoms with van der Waals surface area (Å²) in [4.78, 5) is 19.1. The Morgan fingerprint density at radius 2 is 2.06 bits per heavy atom. The molecule has 1 fully saturated rings. The molecule has 2 heterocycles. The van der Waals surface area contributed by atoms with Gasteiger partial charge in [0.1, 0.15) is 0 Å². The van der Waals surface area contributed by atoms with Crippen LogP contribution in [0.3, 0.4) is 0 Å². The Bertz CT molecular complexity index is 991. The quantitative estimate of drug-likeness (QED) is 0.563. The van der Waals surface area contributed by atoms with Crippen molar-refractivity contribution in [1.29, 1.82) is 0 Å². The lowest BCUT2D eigenvalue weighted by atomic mass is 9.89. The molecule has 10 heteroatoms. The van der Waals surface area contributed by atoms with Crippen molar-refractivity contribution < 1.29 is 9.13 Å². The lowest BCUT2D eigenvalue weighted by Crippen LogP contribution is -2.29. The second kappa shape index (κ2) is 9.59. The van der Waals surface area contributed by atoms with E-state index in [0.29, 0.717) is 36.7 Å². The molecule has 4 rings (SSSR count). The van der Waals surface area contributed by atoms with Crippen LogP contribution >= 0.6 is 0 Å². The molecule has 0 spiro atoms. The highest BCUT2D eigenvalue weighted by atomic mass is 19.1. The van der Waals surface area contributed by atoms with Crippen LogP contribution in [0.15, 0.2) is 36.9 Å². The number of benzene rings is 1. The molecule has 31 heavy (non-hydrogen) atoms. The average Bonchev–Trinajstić information content (AvgIpc) is 3.30. The van der Waals surface area contributed by atoms with Gasteiger partial charge in [0.15, 0.2) is 11.6 Å². The minimum atomic E-state index is -0.436. The summed E-state index contributed by atoms with van der Waals surface area (Å²) in [6.45, 7) is 1.11. The second-order valence-electron chi connectivity index (χ2n) is 7.66. The molecule has 9 nitrogen and oxygen atoms in total. The van der Waals surface area contributed by atoms with Crippen LogP contribution < -0.4 is 20.7 Å². The van der Waals surface area contributed by atoms with Crippen LogP contribution in [-0.4, -0.2) is 38.2 Å². The van der Waals surface area contributed by atoms with Crippen LogP contribution in [0.4, 0.5) is 27.9 Å². The van der Waals surface area contributed by atoms with E-state index in [2.05, 4.69) is 25.3 Å². The molecule has 3 N–H and O–H groups in total. The molecular weight excluding hydrogens is 399 g/mol. The molecule has 1 aliphatic rings.